The van der Waals surface area contributed by atoms with Crippen molar-refractivity contribution in [3.8, 4) is 5.75 Å². The number of carboxylic acid groups (broad SMARTS) is 1. The third-order valence-electron chi connectivity index (χ3n) is 2.31. The second kappa shape index (κ2) is 8.37. The van der Waals surface area contributed by atoms with E-state index in [9.17, 15) is 9.59 Å². The lowest BCUT2D eigenvalue weighted by atomic mass is 10.3. The zero-order valence-electron chi connectivity index (χ0n) is 10.4. The third kappa shape index (κ3) is 6.67. The molecule has 19 heavy (non-hydrogen) atoms. The number of carbonyl (C=O) groups is 2. The van der Waals surface area contributed by atoms with Crippen LogP contribution in [0.25, 0.3) is 0 Å². The smallest absolute Gasteiger partial charge is 0.303 e. The van der Waals surface area contributed by atoms with Gasteiger partial charge in [-0.25, -0.2) is 0 Å². The Kier molecular flexibility index (Phi) is 6.74. The van der Waals surface area contributed by atoms with E-state index in [2.05, 4.69) is 5.32 Å². The standard InChI is InChI=1S/C13H16ClNO4/c14-10-4-1-2-5-11(10)19-9-7-12(16)15-8-3-6-13(17)18/h1-2,4-5H,3,6-9H2,(H,15,16)(H,17,18). The Morgan fingerprint density at radius 3 is 2.68 bits per heavy atom. The molecule has 0 unspecified atom stereocenters. The largest absolute Gasteiger partial charge is 0.491 e. The van der Waals surface area contributed by atoms with Crippen LogP contribution in [0.2, 0.25) is 5.02 Å². The third-order valence-corrected chi connectivity index (χ3v) is 2.63. The van der Waals surface area contributed by atoms with Gasteiger partial charge in [-0.2, -0.15) is 0 Å². The average Bonchev–Trinajstić information content (AvgIpc) is 2.37. The number of amides is 1. The predicted octanol–water partition coefficient (Wildman–Crippen LogP) is 2.09. The van der Waals surface area contributed by atoms with Crippen LogP contribution in [0.5, 0.6) is 5.75 Å². The highest BCUT2D eigenvalue weighted by atomic mass is 35.5. The van der Waals surface area contributed by atoms with Crippen LogP contribution in [-0.2, 0) is 9.59 Å². The monoisotopic (exact) mass is 285 g/mol. The summed E-state index contributed by atoms with van der Waals surface area (Å²) in [6.45, 7) is 0.589. The average molecular weight is 286 g/mol. The van der Waals surface area contributed by atoms with E-state index >= 15 is 0 Å². The van der Waals surface area contributed by atoms with Gasteiger partial charge in [0.1, 0.15) is 5.75 Å². The van der Waals surface area contributed by atoms with E-state index in [1.165, 1.54) is 0 Å². The minimum atomic E-state index is -0.865. The number of nitrogens with one attached hydrogen (secondary N) is 1. The highest BCUT2D eigenvalue weighted by Crippen LogP contribution is 2.22. The van der Waals surface area contributed by atoms with E-state index in [4.69, 9.17) is 21.4 Å². The van der Waals surface area contributed by atoms with Gasteiger partial charge in [0.05, 0.1) is 18.1 Å². The van der Waals surface area contributed by atoms with Crippen LogP contribution in [0.1, 0.15) is 19.3 Å². The van der Waals surface area contributed by atoms with Crippen molar-refractivity contribution in [3.63, 3.8) is 0 Å². The molecule has 0 spiro atoms. The molecule has 0 aliphatic carbocycles. The van der Waals surface area contributed by atoms with Gasteiger partial charge in [0.25, 0.3) is 0 Å². The molecule has 5 nitrogen and oxygen atoms in total. The highest BCUT2D eigenvalue weighted by Gasteiger charge is 2.04. The lowest BCUT2D eigenvalue weighted by Gasteiger charge is -2.08. The Bertz CT molecular complexity index is 436. The summed E-state index contributed by atoms with van der Waals surface area (Å²) in [4.78, 5) is 21.7. The molecule has 0 fully saturated rings. The second-order valence-corrected chi connectivity index (χ2v) is 4.28. The molecule has 6 heteroatoms. The Hall–Kier alpha value is -1.75. The van der Waals surface area contributed by atoms with E-state index < -0.39 is 5.97 Å². The number of hydrogen-bond donors (Lipinski definition) is 2. The first-order chi connectivity index (χ1) is 9.09. The van der Waals surface area contributed by atoms with Crippen LogP contribution in [-0.4, -0.2) is 30.1 Å². The highest BCUT2D eigenvalue weighted by molar-refractivity contribution is 6.32. The SMILES string of the molecule is O=C(O)CCCNC(=O)CCOc1ccccc1Cl. The van der Waals surface area contributed by atoms with Gasteiger partial charge in [0.15, 0.2) is 0 Å². The first-order valence-corrected chi connectivity index (χ1v) is 6.33. The molecule has 0 atom stereocenters. The number of carboxylic acids is 1. The molecule has 0 aromatic heterocycles. The molecule has 0 saturated carbocycles. The lowest BCUT2D eigenvalue weighted by Crippen LogP contribution is -2.26. The predicted molar refractivity (Wildman–Crippen MR) is 71.4 cm³/mol. The number of para-hydroxylation sites is 1. The normalized spacial score (nSPS) is 9.95. The fourth-order valence-electron chi connectivity index (χ4n) is 1.37. The van der Waals surface area contributed by atoms with Crippen molar-refractivity contribution < 1.29 is 19.4 Å². The number of benzene rings is 1. The van der Waals surface area contributed by atoms with Gasteiger partial charge >= 0.3 is 5.97 Å². The molecule has 0 bridgehead atoms. The molecular formula is C13H16ClNO4. The molecule has 0 aliphatic heterocycles. The van der Waals surface area contributed by atoms with Crippen molar-refractivity contribution in [1.29, 1.82) is 0 Å². The molecule has 2 N–H and O–H groups in total. The summed E-state index contributed by atoms with van der Waals surface area (Å²) in [6.07, 6.45) is 0.682. The number of hydrogen-bond acceptors (Lipinski definition) is 3. The maximum Gasteiger partial charge on any atom is 0.303 e. The van der Waals surface area contributed by atoms with E-state index in [1.54, 1.807) is 24.3 Å². The molecular weight excluding hydrogens is 270 g/mol. The number of rotatable bonds is 8. The maximum absolute atomic E-state index is 11.4. The molecule has 0 radical (unpaired) electrons. The van der Waals surface area contributed by atoms with Crippen molar-refractivity contribution in [3.05, 3.63) is 29.3 Å². The van der Waals surface area contributed by atoms with Crippen LogP contribution >= 0.6 is 11.6 Å². The van der Waals surface area contributed by atoms with E-state index in [0.717, 1.165) is 0 Å². The topological polar surface area (TPSA) is 75.6 Å². The van der Waals surface area contributed by atoms with Gasteiger partial charge in [-0.1, -0.05) is 23.7 Å². The molecule has 1 aromatic rings. The number of aliphatic carboxylic acids is 1. The number of carbonyl (C=O) groups excluding carboxylic acids is 1. The Balaban J connectivity index is 2.14. The first-order valence-electron chi connectivity index (χ1n) is 5.95. The molecule has 1 aromatic carbocycles. The van der Waals surface area contributed by atoms with Gasteiger partial charge in [-0.15, -0.1) is 0 Å². The van der Waals surface area contributed by atoms with Crippen LogP contribution in [0.4, 0.5) is 0 Å². The van der Waals surface area contributed by atoms with E-state index in [0.29, 0.717) is 23.7 Å². The number of ether oxygens (including phenoxy) is 1. The number of halogens is 1. The molecule has 0 saturated heterocycles. The summed E-state index contributed by atoms with van der Waals surface area (Å²) in [5, 5.41) is 11.6. The summed E-state index contributed by atoms with van der Waals surface area (Å²) < 4.78 is 5.37. The van der Waals surface area contributed by atoms with Gasteiger partial charge in [0.2, 0.25) is 5.91 Å². The van der Waals surface area contributed by atoms with Gasteiger partial charge < -0.3 is 15.2 Å². The van der Waals surface area contributed by atoms with Crippen LogP contribution in [0, 0.1) is 0 Å². The van der Waals surface area contributed by atoms with Crippen molar-refractivity contribution in [2.75, 3.05) is 13.2 Å². The van der Waals surface area contributed by atoms with E-state index in [1.807, 2.05) is 0 Å². The maximum atomic E-state index is 11.4. The molecule has 1 rings (SSSR count). The van der Waals surface area contributed by atoms with Gasteiger partial charge in [-0.3, -0.25) is 9.59 Å². The van der Waals surface area contributed by atoms with Crippen molar-refractivity contribution >= 4 is 23.5 Å². The van der Waals surface area contributed by atoms with Gasteiger partial charge in [-0.05, 0) is 18.6 Å². The van der Waals surface area contributed by atoms with Crippen molar-refractivity contribution in [2.45, 2.75) is 19.3 Å². The summed E-state index contributed by atoms with van der Waals surface area (Å²) in [7, 11) is 0. The Morgan fingerprint density at radius 1 is 1.26 bits per heavy atom. The first kappa shape index (κ1) is 15.3. The minimum Gasteiger partial charge on any atom is -0.491 e. The summed E-state index contributed by atoms with van der Waals surface area (Å²) in [5.41, 5.74) is 0. The van der Waals surface area contributed by atoms with Crippen molar-refractivity contribution in [2.24, 2.45) is 0 Å². The summed E-state index contributed by atoms with van der Waals surface area (Å²) in [6, 6.07) is 7.04. The summed E-state index contributed by atoms with van der Waals surface area (Å²) in [5.74, 6) is -0.489. The quantitative estimate of drug-likeness (QED) is 0.717. The lowest BCUT2D eigenvalue weighted by molar-refractivity contribution is -0.137. The molecule has 1 amide bonds. The van der Waals surface area contributed by atoms with Crippen molar-refractivity contribution in [1.82, 2.24) is 5.32 Å². The molecule has 0 heterocycles. The van der Waals surface area contributed by atoms with Crippen LogP contribution < -0.4 is 10.1 Å². The zero-order valence-corrected chi connectivity index (χ0v) is 11.2. The Morgan fingerprint density at radius 2 is 2.00 bits per heavy atom. The van der Waals surface area contributed by atoms with E-state index in [-0.39, 0.29) is 25.4 Å². The zero-order chi connectivity index (χ0) is 14.1. The van der Waals surface area contributed by atoms with Crippen LogP contribution in [0.3, 0.4) is 0 Å². The van der Waals surface area contributed by atoms with Gasteiger partial charge in [0, 0.05) is 13.0 Å². The van der Waals surface area contributed by atoms with Crippen LogP contribution in [0.15, 0.2) is 24.3 Å². The fraction of sp³-hybridized carbons (Fsp3) is 0.385. The Labute approximate surface area is 116 Å². The molecule has 0 aliphatic rings. The second-order valence-electron chi connectivity index (χ2n) is 3.88. The molecule has 104 valence electrons. The summed E-state index contributed by atoms with van der Waals surface area (Å²) >= 11 is 5.89. The minimum absolute atomic E-state index is 0.0520. The fourth-order valence-corrected chi connectivity index (χ4v) is 1.56.